The molecular weight excluding hydrogens is 241 g/mol. The average molecular weight is 266 g/mol. The highest BCUT2D eigenvalue weighted by molar-refractivity contribution is 4.79. The fourth-order valence-corrected chi connectivity index (χ4v) is 2.44. The van der Waals surface area contributed by atoms with E-state index in [1.165, 1.54) is 6.42 Å². The molecule has 0 radical (unpaired) electrons. The van der Waals surface area contributed by atoms with E-state index < -0.39 is 12.6 Å². The lowest BCUT2D eigenvalue weighted by Crippen LogP contribution is -2.47. The van der Waals surface area contributed by atoms with Crippen molar-refractivity contribution in [3.8, 4) is 0 Å². The standard InChI is InChI=1S/C13H25F3N2/c1-11(2)17-10-12-6-3-4-8-18(12)9-5-7-13(14,15)16/h11-12,17H,3-10H2,1-2H3. The van der Waals surface area contributed by atoms with Crippen LogP contribution in [0.4, 0.5) is 13.2 Å². The van der Waals surface area contributed by atoms with Crippen molar-refractivity contribution < 1.29 is 13.2 Å². The lowest BCUT2D eigenvalue weighted by atomic mass is 10.0. The fraction of sp³-hybridized carbons (Fsp3) is 1.00. The molecule has 1 aliphatic heterocycles. The van der Waals surface area contributed by atoms with E-state index >= 15 is 0 Å². The number of likely N-dealkylation sites (tertiary alicyclic amines) is 1. The van der Waals surface area contributed by atoms with Crippen LogP contribution in [0.5, 0.6) is 0 Å². The van der Waals surface area contributed by atoms with Crippen LogP contribution >= 0.6 is 0 Å². The number of nitrogens with one attached hydrogen (secondary N) is 1. The summed E-state index contributed by atoms with van der Waals surface area (Å²) in [5.74, 6) is 0. The zero-order valence-corrected chi connectivity index (χ0v) is 11.4. The predicted molar refractivity (Wildman–Crippen MR) is 67.6 cm³/mol. The Morgan fingerprint density at radius 3 is 2.61 bits per heavy atom. The van der Waals surface area contributed by atoms with Gasteiger partial charge in [-0.05, 0) is 32.4 Å². The van der Waals surface area contributed by atoms with Gasteiger partial charge in [0.1, 0.15) is 0 Å². The van der Waals surface area contributed by atoms with Crippen LogP contribution in [-0.4, -0.2) is 42.8 Å². The molecule has 108 valence electrons. The van der Waals surface area contributed by atoms with Crippen LogP contribution in [0.25, 0.3) is 0 Å². The molecular formula is C13H25F3N2. The minimum Gasteiger partial charge on any atom is -0.313 e. The van der Waals surface area contributed by atoms with E-state index in [1.807, 2.05) is 0 Å². The van der Waals surface area contributed by atoms with E-state index in [0.717, 1.165) is 25.9 Å². The summed E-state index contributed by atoms with van der Waals surface area (Å²) in [6, 6.07) is 0.846. The van der Waals surface area contributed by atoms with Crippen LogP contribution in [0.2, 0.25) is 0 Å². The van der Waals surface area contributed by atoms with Gasteiger partial charge >= 0.3 is 6.18 Å². The van der Waals surface area contributed by atoms with Gasteiger partial charge in [0.05, 0.1) is 0 Å². The van der Waals surface area contributed by atoms with E-state index in [1.54, 1.807) is 0 Å². The highest BCUT2D eigenvalue weighted by atomic mass is 19.4. The molecule has 0 amide bonds. The van der Waals surface area contributed by atoms with Crippen molar-refractivity contribution in [2.24, 2.45) is 0 Å². The van der Waals surface area contributed by atoms with Gasteiger partial charge < -0.3 is 5.32 Å². The average Bonchev–Trinajstić information content (AvgIpc) is 2.26. The van der Waals surface area contributed by atoms with Crippen molar-refractivity contribution in [2.75, 3.05) is 19.6 Å². The Morgan fingerprint density at radius 2 is 2.00 bits per heavy atom. The monoisotopic (exact) mass is 266 g/mol. The molecule has 0 spiro atoms. The van der Waals surface area contributed by atoms with Crippen molar-refractivity contribution in [3.63, 3.8) is 0 Å². The number of nitrogens with zero attached hydrogens (tertiary/aromatic N) is 1. The van der Waals surface area contributed by atoms with E-state index in [-0.39, 0.29) is 6.42 Å². The molecule has 1 saturated heterocycles. The first-order valence-corrected chi connectivity index (χ1v) is 6.92. The maximum absolute atomic E-state index is 12.1. The first-order chi connectivity index (χ1) is 8.38. The quantitative estimate of drug-likeness (QED) is 0.794. The number of alkyl halides is 3. The topological polar surface area (TPSA) is 15.3 Å². The molecule has 0 bridgehead atoms. The van der Waals surface area contributed by atoms with Crippen LogP contribution in [-0.2, 0) is 0 Å². The summed E-state index contributed by atoms with van der Waals surface area (Å²) >= 11 is 0. The van der Waals surface area contributed by atoms with Crippen LogP contribution in [0.15, 0.2) is 0 Å². The molecule has 1 rings (SSSR count). The second-order valence-electron chi connectivity index (χ2n) is 5.47. The van der Waals surface area contributed by atoms with Crippen molar-refractivity contribution in [2.45, 2.75) is 64.2 Å². The predicted octanol–water partition coefficient (Wildman–Crippen LogP) is 3.18. The van der Waals surface area contributed by atoms with Gasteiger partial charge in [-0.1, -0.05) is 20.3 Å². The van der Waals surface area contributed by atoms with Gasteiger partial charge in [-0.2, -0.15) is 13.2 Å². The molecule has 2 nitrogen and oxygen atoms in total. The number of piperidine rings is 1. The molecule has 0 aromatic heterocycles. The molecule has 1 fully saturated rings. The molecule has 1 aliphatic rings. The fourth-order valence-electron chi connectivity index (χ4n) is 2.44. The summed E-state index contributed by atoms with van der Waals surface area (Å²) in [6.45, 7) is 6.60. The smallest absolute Gasteiger partial charge is 0.313 e. The van der Waals surface area contributed by atoms with Crippen LogP contribution in [0, 0.1) is 0 Å². The Morgan fingerprint density at radius 1 is 1.28 bits per heavy atom. The van der Waals surface area contributed by atoms with Crippen molar-refractivity contribution in [1.82, 2.24) is 10.2 Å². The van der Waals surface area contributed by atoms with Crippen LogP contribution in [0.1, 0.15) is 46.0 Å². The van der Waals surface area contributed by atoms with Gasteiger partial charge in [0.25, 0.3) is 0 Å². The van der Waals surface area contributed by atoms with Crippen LogP contribution in [0.3, 0.4) is 0 Å². The largest absolute Gasteiger partial charge is 0.389 e. The molecule has 5 heteroatoms. The summed E-state index contributed by atoms with van der Waals surface area (Å²) in [4.78, 5) is 2.23. The maximum Gasteiger partial charge on any atom is 0.389 e. The van der Waals surface area contributed by atoms with E-state index in [9.17, 15) is 13.2 Å². The second-order valence-corrected chi connectivity index (χ2v) is 5.47. The number of hydrogen-bond acceptors (Lipinski definition) is 2. The third kappa shape index (κ3) is 6.59. The number of halogens is 3. The zero-order chi connectivity index (χ0) is 13.6. The summed E-state index contributed by atoms with van der Waals surface area (Å²) in [5, 5.41) is 3.39. The molecule has 1 atom stereocenters. The summed E-state index contributed by atoms with van der Waals surface area (Å²) < 4.78 is 36.4. The zero-order valence-electron chi connectivity index (χ0n) is 11.4. The molecule has 1 N–H and O–H groups in total. The molecule has 1 heterocycles. The third-order valence-electron chi connectivity index (χ3n) is 3.42. The Hall–Kier alpha value is -0.290. The van der Waals surface area contributed by atoms with Crippen molar-refractivity contribution in [3.05, 3.63) is 0 Å². The van der Waals surface area contributed by atoms with Gasteiger partial charge in [-0.3, -0.25) is 4.90 Å². The van der Waals surface area contributed by atoms with E-state index in [4.69, 9.17) is 0 Å². The maximum atomic E-state index is 12.1. The van der Waals surface area contributed by atoms with Crippen molar-refractivity contribution in [1.29, 1.82) is 0 Å². The molecule has 1 unspecified atom stereocenters. The first-order valence-electron chi connectivity index (χ1n) is 6.92. The Bertz CT molecular complexity index is 229. The van der Waals surface area contributed by atoms with Gasteiger partial charge in [0, 0.05) is 25.0 Å². The molecule has 18 heavy (non-hydrogen) atoms. The Balaban J connectivity index is 2.30. The highest BCUT2D eigenvalue weighted by Gasteiger charge is 2.28. The lowest BCUT2D eigenvalue weighted by Gasteiger charge is -2.36. The normalized spacial score (nSPS) is 22.7. The lowest BCUT2D eigenvalue weighted by molar-refractivity contribution is -0.136. The van der Waals surface area contributed by atoms with E-state index in [2.05, 4.69) is 24.1 Å². The molecule has 0 aliphatic carbocycles. The minimum absolute atomic E-state index is 0.224. The number of rotatable bonds is 6. The SMILES string of the molecule is CC(C)NCC1CCCCN1CCCC(F)(F)F. The van der Waals surface area contributed by atoms with E-state index in [0.29, 0.717) is 18.6 Å². The first kappa shape index (κ1) is 15.8. The highest BCUT2D eigenvalue weighted by Crippen LogP contribution is 2.23. The van der Waals surface area contributed by atoms with Gasteiger partial charge in [-0.15, -0.1) is 0 Å². The van der Waals surface area contributed by atoms with Crippen LogP contribution < -0.4 is 5.32 Å². The summed E-state index contributed by atoms with van der Waals surface area (Å²) in [5.41, 5.74) is 0. The van der Waals surface area contributed by atoms with Gasteiger partial charge in [0.15, 0.2) is 0 Å². The number of hydrogen-bond donors (Lipinski definition) is 1. The Labute approximate surface area is 108 Å². The van der Waals surface area contributed by atoms with Gasteiger partial charge in [0.2, 0.25) is 0 Å². The molecule has 0 saturated carbocycles. The molecule has 0 aromatic rings. The summed E-state index contributed by atoms with van der Waals surface area (Å²) in [7, 11) is 0. The van der Waals surface area contributed by atoms with Gasteiger partial charge in [-0.25, -0.2) is 0 Å². The third-order valence-corrected chi connectivity index (χ3v) is 3.42. The van der Waals surface area contributed by atoms with Crippen molar-refractivity contribution >= 4 is 0 Å². The second kappa shape index (κ2) is 7.34. The minimum atomic E-state index is -4.01. The summed E-state index contributed by atoms with van der Waals surface area (Å²) in [6.07, 6.45) is -1.03. The molecule has 0 aromatic carbocycles. The Kier molecular flexibility index (Phi) is 6.43.